The van der Waals surface area contributed by atoms with Crippen molar-refractivity contribution in [3.05, 3.63) is 19.9 Å². The molecule has 7 heteroatoms. The zero-order chi connectivity index (χ0) is 12.7. The van der Waals surface area contributed by atoms with E-state index in [9.17, 15) is 9.59 Å². The van der Waals surface area contributed by atoms with Gasteiger partial charge in [-0.25, -0.2) is 4.79 Å². The molecule has 1 aromatic rings. The van der Waals surface area contributed by atoms with Crippen LogP contribution < -0.4 is 5.32 Å². The van der Waals surface area contributed by atoms with Gasteiger partial charge >= 0.3 is 6.03 Å². The van der Waals surface area contributed by atoms with Crippen LogP contribution in [-0.2, 0) is 0 Å². The minimum Gasteiger partial charge on any atom is -0.336 e. The average Bonchev–Trinajstić information content (AvgIpc) is 2.95. The Morgan fingerprint density at radius 3 is 3.06 bits per heavy atom. The van der Waals surface area contributed by atoms with Crippen LogP contribution in [0, 0.1) is 2.88 Å². The van der Waals surface area contributed by atoms with Crippen molar-refractivity contribution < 1.29 is 9.59 Å². The number of nitrogens with one attached hydrogen (secondary N) is 1. The molecule has 1 N–H and O–H groups in total. The number of amides is 3. The summed E-state index contributed by atoms with van der Waals surface area (Å²) in [6, 6.07) is 2.04. The fraction of sp³-hybridized carbons (Fsp3) is 0.455. The molecule has 1 atom stereocenters. The Kier molecular flexibility index (Phi) is 3.18. The van der Waals surface area contributed by atoms with E-state index in [1.165, 1.54) is 0 Å². The van der Waals surface area contributed by atoms with E-state index in [2.05, 4.69) is 27.9 Å². The largest absolute Gasteiger partial charge is 0.336 e. The first kappa shape index (κ1) is 12.2. The van der Waals surface area contributed by atoms with Crippen LogP contribution >= 0.6 is 33.9 Å². The van der Waals surface area contributed by atoms with E-state index in [0.29, 0.717) is 26.2 Å². The molecule has 0 bridgehead atoms. The van der Waals surface area contributed by atoms with Gasteiger partial charge in [0.15, 0.2) is 0 Å². The van der Waals surface area contributed by atoms with Crippen LogP contribution in [0.25, 0.3) is 0 Å². The lowest BCUT2D eigenvalue weighted by Gasteiger charge is -2.36. The third kappa shape index (κ3) is 2.09. The number of halogens is 1. The summed E-state index contributed by atoms with van der Waals surface area (Å²) in [7, 11) is 0. The number of hydrogen-bond donors (Lipinski definition) is 1. The molecule has 0 aliphatic carbocycles. The predicted octanol–water partition coefficient (Wildman–Crippen LogP) is 1.20. The zero-order valence-corrected chi connectivity index (χ0v) is 12.5. The maximum Gasteiger partial charge on any atom is 0.317 e. The summed E-state index contributed by atoms with van der Waals surface area (Å²) in [5, 5.41) is 4.71. The Labute approximate surface area is 122 Å². The molecule has 1 unspecified atom stereocenters. The molecule has 0 aromatic carbocycles. The van der Waals surface area contributed by atoms with Gasteiger partial charge in [0.1, 0.15) is 0 Å². The highest BCUT2D eigenvalue weighted by Gasteiger charge is 2.37. The highest BCUT2D eigenvalue weighted by Crippen LogP contribution is 2.20. The van der Waals surface area contributed by atoms with Gasteiger partial charge in [0.25, 0.3) is 5.91 Å². The smallest absolute Gasteiger partial charge is 0.317 e. The molecular weight excluding hydrogens is 365 g/mol. The van der Waals surface area contributed by atoms with Crippen LogP contribution in [0.5, 0.6) is 0 Å². The number of carbonyl (C=O) groups is 2. The number of nitrogens with zero attached hydrogens (tertiary/aromatic N) is 2. The van der Waals surface area contributed by atoms with Crippen molar-refractivity contribution in [3.63, 3.8) is 0 Å². The van der Waals surface area contributed by atoms with Gasteiger partial charge in [-0.05, 0) is 28.7 Å². The first-order chi connectivity index (χ1) is 8.65. The molecule has 3 rings (SSSR count). The summed E-state index contributed by atoms with van der Waals surface area (Å²) in [6.07, 6.45) is 0. The fourth-order valence-electron chi connectivity index (χ4n) is 2.39. The summed E-state index contributed by atoms with van der Waals surface area (Å²) >= 11 is 3.80. The number of piperazine rings is 1. The minimum atomic E-state index is -0.00261. The topological polar surface area (TPSA) is 52.7 Å². The Morgan fingerprint density at radius 2 is 2.33 bits per heavy atom. The second-order valence-electron chi connectivity index (χ2n) is 4.42. The van der Waals surface area contributed by atoms with Crippen molar-refractivity contribution in [1.29, 1.82) is 0 Å². The second kappa shape index (κ2) is 4.69. The lowest BCUT2D eigenvalue weighted by Crippen LogP contribution is -2.53. The van der Waals surface area contributed by atoms with E-state index in [4.69, 9.17) is 0 Å². The number of hydrogen-bond acceptors (Lipinski definition) is 3. The third-order valence-electron chi connectivity index (χ3n) is 3.33. The fourth-order valence-corrected chi connectivity index (χ4v) is 3.71. The molecule has 18 heavy (non-hydrogen) atoms. The average molecular weight is 377 g/mol. The molecule has 2 saturated heterocycles. The van der Waals surface area contributed by atoms with Crippen molar-refractivity contribution in [1.82, 2.24) is 15.1 Å². The van der Waals surface area contributed by atoms with Gasteiger partial charge in [-0.15, -0.1) is 11.3 Å². The molecule has 0 spiro atoms. The first-order valence-corrected chi connectivity index (χ1v) is 7.69. The maximum atomic E-state index is 12.3. The molecule has 0 radical (unpaired) electrons. The summed E-state index contributed by atoms with van der Waals surface area (Å²) in [5.74, 6) is 0.0770. The van der Waals surface area contributed by atoms with E-state index in [1.807, 2.05) is 21.2 Å². The molecule has 2 fully saturated rings. The van der Waals surface area contributed by atoms with E-state index in [-0.39, 0.29) is 18.0 Å². The van der Waals surface area contributed by atoms with Crippen LogP contribution in [0.1, 0.15) is 10.4 Å². The van der Waals surface area contributed by atoms with Crippen LogP contribution in [0.2, 0.25) is 0 Å². The highest BCUT2D eigenvalue weighted by atomic mass is 127. The number of rotatable bonds is 1. The van der Waals surface area contributed by atoms with Crippen LogP contribution in [0.3, 0.4) is 0 Å². The highest BCUT2D eigenvalue weighted by molar-refractivity contribution is 14.1. The van der Waals surface area contributed by atoms with Gasteiger partial charge in [-0.3, -0.25) is 4.79 Å². The van der Waals surface area contributed by atoms with Gasteiger partial charge in [0, 0.05) is 31.6 Å². The SMILES string of the molecule is O=C(c1csc(I)c1)N1CCN2C(=O)NCC2C1. The van der Waals surface area contributed by atoms with Crippen molar-refractivity contribution in [2.45, 2.75) is 6.04 Å². The van der Waals surface area contributed by atoms with Crippen molar-refractivity contribution in [3.8, 4) is 0 Å². The first-order valence-electron chi connectivity index (χ1n) is 5.73. The molecule has 1 aromatic heterocycles. The Hall–Kier alpha value is -0.830. The molecule has 96 valence electrons. The maximum absolute atomic E-state index is 12.3. The van der Waals surface area contributed by atoms with E-state index >= 15 is 0 Å². The van der Waals surface area contributed by atoms with Crippen molar-refractivity contribution in [2.75, 3.05) is 26.2 Å². The van der Waals surface area contributed by atoms with E-state index < -0.39 is 0 Å². The zero-order valence-electron chi connectivity index (χ0n) is 9.56. The van der Waals surface area contributed by atoms with E-state index in [1.54, 1.807) is 11.3 Å². The van der Waals surface area contributed by atoms with Crippen LogP contribution in [0.4, 0.5) is 4.79 Å². The summed E-state index contributed by atoms with van der Waals surface area (Å²) in [5.41, 5.74) is 0.759. The number of fused-ring (bicyclic) bond motifs is 1. The Balaban J connectivity index is 1.71. The standard InChI is InChI=1S/C11H12IN3O2S/c12-9-3-7(6-18-9)10(16)14-1-2-15-8(5-14)4-13-11(15)17/h3,6,8H,1-2,4-5H2,(H,13,17). The molecule has 5 nitrogen and oxygen atoms in total. The Morgan fingerprint density at radius 1 is 1.50 bits per heavy atom. The molecule has 0 saturated carbocycles. The lowest BCUT2D eigenvalue weighted by molar-refractivity contribution is 0.0617. The molecular formula is C11H12IN3O2S. The van der Waals surface area contributed by atoms with E-state index in [0.717, 1.165) is 8.45 Å². The predicted molar refractivity (Wildman–Crippen MR) is 76.8 cm³/mol. The molecule has 2 aliphatic heterocycles. The number of carbonyl (C=O) groups excluding carboxylic acids is 2. The van der Waals surface area contributed by atoms with Crippen molar-refractivity contribution in [2.24, 2.45) is 0 Å². The Bertz CT molecular complexity index is 504. The summed E-state index contributed by atoms with van der Waals surface area (Å²) < 4.78 is 1.12. The number of urea groups is 1. The normalized spacial score (nSPS) is 22.9. The third-order valence-corrected chi connectivity index (χ3v) is 5.12. The van der Waals surface area contributed by atoms with Gasteiger partial charge in [0.05, 0.1) is 14.5 Å². The summed E-state index contributed by atoms with van der Waals surface area (Å²) in [6.45, 7) is 2.52. The molecule has 2 aliphatic rings. The van der Waals surface area contributed by atoms with Crippen LogP contribution in [0.15, 0.2) is 11.4 Å². The second-order valence-corrected chi connectivity index (χ2v) is 7.23. The quantitative estimate of drug-likeness (QED) is 0.748. The number of thiophene rings is 1. The van der Waals surface area contributed by atoms with Gasteiger partial charge in [-0.2, -0.15) is 0 Å². The summed E-state index contributed by atoms with van der Waals surface area (Å²) in [4.78, 5) is 27.4. The van der Waals surface area contributed by atoms with Gasteiger partial charge < -0.3 is 15.1 Å². The van der Waals surface area contributed by atoms with Crippen LogP contribution in [-0.4, -0.2) is 54.0 Å². The minimum absolute atomic E-state index is 0.00261. The monoisotopic (exact) mass is 377 g/mol. The lowest BCUT2D eigenvalue weighted by atomic mass is 10.1. The van der Waals surface area contributed by atoms with Gasteiger partial charge in [0.2, 0.25) is 0 Å². The molecule has 3 amide bonds. The molecule has 3 heterocycles. The van der Waals surface area contributed by atoms with Crippen molar-refractivity contribution >= 4 is 45.9 Å². The van der Waals surface area contributed by atoms with Gasteiger partial charge in [-0.1, -0.05) is 0 Å².